The number of nitrogens with zero attached hydrogens (tertiary/aromatic N) is 1. The second-order valence-electron chi connectivity index (χ2n) is 4.62. The third kappa shape index (κ3) is 4.84. The molecular weight excluding hydrogens is 308 g/mol. The minimum Gasteiger partial charge on any atom is -0.497 e. The Hall–Kier alpha value is -1.07. The van der Waals surface area contributed by atoms with Crippen molar-refractivity contribution in [2.75, 3.05) is 27.7 Å². The first-order valence-corrected chi connectivity index (χ1v) is 7.09. The number of carbonyl (C=O) groups excluding carboxylic acids is 1. The van der Waals surface area contributed by atoms with Gasteiger partial charge in [-0.1, -0.05) is 28.1 Å². The summed E-state index contributed by atoms with van der Waals surface area (Å²) < 4.78 is 5.24. The molecule has 0 heterocycles. The Bertz CT molecular complexity index is 422. The van der Waals surface area contributed by atoms with Gasteiger partial charge in [0.15, 0.2) is 0 Å². The van der Waals surface area contributed by atoms with Gasteiger partial charge >= 0.3 is 0 Å². The van der Waals surface area contributed by atoms with Gasteiger partial charge in [-0.25, -0.2) is 0 Å². The maximum absolute atomic E-state index is 11.6. The lowest BCUT2D eigenvalue weighted by molar-refractivity contribution is -0.120. The van der Waals surface area contributed by atoms with Crippen molar-refractivity contribution in [1.82, 2.24) is 10.2 Å². The number of halogens is 1. The van der Waals surface area contributed by atoms with Crippen molar-refractivity contribution in [1.29, 1.82) is 0 Å². The van der Waals surface area contributed by atoms with Crippen LogP contribution >= 0.6 is 15.9 Å². The first-order chi connectivity index (χ1) is 8.95. The first-order valence-electron chi connectivity index (χ1n) is 6.18. The molecule has 0 spiro atoms. The summed E-state index contributed by atoms with van der Waals surface area (Å²) in [6.07, 6.45) is 0. The summed E-state index contributed by atoms with van der Waals surface area (Å²) >= 11 is 3.26. The van der Waals surface area contributed by atoms with E-state index in [-0.39, 0.29) is 16.8 Å². The van der Waals surface area contributed by atoms with Crippen LogP contribution in [0.3, 0.4) is 0 Å². The maximum Gasteiger partial charge on any atom is 0.233 e. The van der Waals surface area contributed by atoms with Gasteiger partial charge in [-0.15, -0.1) is 0 Å². The van der Waals surface area contributed by atoms with Crippen molar-refractivity contribution in [3.63, 3.8) is 0 Å². The fourth-order valence-electron chi connectivity index (χ4n) is 1.79. The smallest absolute Gasteiger partial charge is 0.233 e. The Morgan fingerprint density at radius 3 is 2.68 bits per heavy atom. The lowest BCUT2D eigenvalue weighted by Crippen LogP contribution is -2.37. The topological polar surface area (TPSA) is 41.6 Å². The van der Waals surface area contributed by atoms with E-state index in [1.54, 1.807) is 7.11 Å². The van der Waals surface area contributed by atoms with Gasteiger partial charge in [-0.05, 0) is 38.7 Å². The van der Waals surface area contributed by atoms with Gasteiger partial charge in [-0.3, -0.25) is 4.79 Å². The molecule has 0 aliphatic heterocycles. The van der Waals surface area contributed by atoms with Crippen LogP contribution in [0.1, 0.15) is 18.5 Å². The summed E-state index contributed by atoms with van der Waals surface area (Å²) in [5, 5.41) is 2.93. The summed E-state index contributed by atoms with van der Waals surface area (Å²) in [7, 11) is 5.64. The van der Waals surface area contributed by atoms with Gasteiger partial charge < -0.3 is 15.0 Å². The predicted molar refractivity (Wildman–Crippen MR) is 80.8 cm³/mol. The third-order valence-electron chi connectivity index (χ3n) is 2.93. The molecule has 0 aliphatic rings. The fourth-order valence-corrected chi connectivity index (χ4v) is 1.95. The van der Waals surface area contributed by atoms with E-state index in [2.05, 4.69) is 26.1 Å². The molecule has 0 aliphatic carbocycles. The van der Waals surface area contributed by atoms with Crippen LogP contribution in [0, 0.1) is 0 Å². The zero-order valence-electron chi connectivity index (χ0n) is 11.8. The average molecular weight is 329 g/mol. The van der Waals surface area contributed by atoms with Crippen molar-refractivity contribution in [2.24, 2.45) is 0 Å². The molecule has 1 amide bonds. The van der Waals surface area contributed by atoms with Crippen LogP contribution in [0.4, 0.5) is 0 Å². The van der Waals surface area contributed by atoms with Crippen molar-refractivity contribution < 1.29 is 9.53 Å². The van der Waals surface area contributed by atoms with Gasteiger partial charge in [0.2, 0.25) is 5.91 Å². The van der Waals surface area contributed by atoms with E-state index in [0.717, 1.165) is 11.3 Å². The van der Waals surface area contributed by atoms with Crippen LogP contribution < -0.4 is 10.1 Å². The summed E-state index contributed by atoms with van der Waals surface area (Å²) in [6, 6.07) is 8.02. The van der Waals surface area contributed by atoms with E-state index < -0.39 is 0 Å². The molecule has 1 rings (SSSR count). The molecule has 0 bridgehead atoms. The lowest BCUT2D eigenvalue weighted by Gasteiger charge is -2.25. The predicted octanol–water partition coefficient (Wildman–Crippen LogP) is 2.20. The number of carbonyl (C=O) groups is 1. The molecule has 4 nitrogen and oxygen atoms in total. The number of benzene rings is 1. The molecule has 1 aromatic carbocycles. The molecule has 0 aromatic heterocycles. The van der Waals surface area contributed by atoms with Crippen molar-refractivity contribution in [2.45, 2.75) is 17.8 Å². The molecule has 2 unspecified atom stereocenters. The number of rotatable bonds is 6. The minimum absolute atomic E-state index is 0.00486. The van der Waals surface area contributed by atoms with Gasteiger partial charge in [-0.2, -0.15) is 0 Å². The molecule has 0 saturated carbocycles. The SMILES string of the molecule is COc1cccc(C(CNC(=O)C(C)Br)N(C)C)c1. The quantitative estimate of drug-likeness (QED) is 0.814. The molecule has 2 atom stereocenters. The van der Waals surface area contributed by atoms with E-state index in [1.165, 1.54) is 0 Å². The normalized spacial score (nSPS) is 14.0. The number of ether oxygens (including phenoxy) is 1. The highest BCUT2D eigenvalue weighted by Crippen LogP contribution is 2.22. The van der Waals surface area contributed by atoms with Crippen LogP contribution in [0.15, 0.2) is 24.3 Å². The van der Waals surface area contributed by atoms with E-state index in [9.17, 15) is 4.79 Å². The zero-order chi connectivity index (χ0) is 14.4. The number of likely N-dealkylation sites (N-methyl/N-ethyl adjacent to an activating group) is 1. The number of nitrogens with one attached hydrogen (secondary N) is 1. The number of hydrogen-bond donors (Lipinski definition) is 1. The molecule has 106 valence electrons. The first kappa shape index (κ1) is 16.0. The third-order valence-corrected chi connectivity index (χ3v) is 3.35. The molecular formula is C14H21BrN2O2. The van der Waals surface area contributed by atoms with Crippen LogP contribution in [0.2, 0.25) is 0 Å². The molecule has 0 fully saturated rings. The summed E-state index contributed by atoms with van der Waals surface area (Å²) in [5.41, 5.74) is 1.12. The summed E-state index contributed by atoms with van der Waals surface area (Å²) in [4.78, 5) is 13.5. The number of amides is 1. The Balaban J connectivity index is 2.79. The van der Waals surface area contributed by atoms with Crippen LogP contribution in [-0.4, -0.2) is 43.4 Å². The Labute approximate surface area is 123 Å². The fraction of sp³-hybridized carbons (Fsp3) is 0.500. The second kappa shape index (κ2) is 7.50. The number of hydrogen-bond acceptors (Lipinski definition) is 3. The minimum atomic E-state index is -0.180. The monoisotopic (exact) mass is 328 g/mol. The van der Waals surface area contributed by atoms with Crippen molar-refractivity contribution in [3.05, 3.63) is 29.8 Å². The molecule has 1 aromatic rings. The zero-order valence-corrected chi connectivity index (χ0v) is 13.4. The highest BCUT2D eigenvalue weighted by Gasteiger charge is 2.17. The average Bonchev–Trinajstić information content (AvgIpc) is 2.38. The Morgan fingerprint density at radius 1 is 1.47 bits per heavy atom. The van der Waals surface area contributed by atoms with E-state index in [0.29, 0.717) is 6.54 Å². The van der Waals surface area contributed by atoms with Crippen LogP contribution in [0.5, 0.6) is 5.75 Å². The number of methoxy groups -OCH3 is 1. The van der Waals surface area contributed by atoms with Gasteiger partial charge in [0, 0.05) is 6.54 Å². The Morgan fingerprint density at radius 2 is 2.16 bits per heavy atom. The molecule has 0 saturated heterocycles. The highest BCUT2D eigenvalue weighted by atomic mass is 79.9. The van der Waals surface area contributed by atoms with Crippen LogP contribution in [0.25, 0.3) is 0 Å². The summed E-state index contributed by atoms with van der Waals surface area (Å²) in [6.45, 7) is 2.38. The Kier molecular flexibility index (Phi) is 6.31. The molecule has 1 N–H and O–H groups in total. The lowest BCUT2D eigenvalue weighted by atomic mass is 10.1. The van der Waals surface area contributed by atoms with E-state index >= 15 is 0 Å². The van der Waals surface area contributed by atoms with Gasteiger partial charge in [0.1, 0.15) is 5.75 Å². The van der Waals surface area contributed by atoms with Crippen molar-refractivity contribution in [3.8, 4) is 5.75 Å². The molecule has 0 radical (unpaired) electrons. The maximum atomic E-state index is 11.6. The number of alkyl halides is 1. The van der Waals surface area contributed by atoms with Crippen LogP contribution in [-0.2, 0) is 4.79 Å². The standard InChI is InChI=1S/C14H21BrN2O2/c1-10(15)14(18)16-9-13(17(2)3)11-6-5-7-12(8-11)19-4/h5-8,10,13H,9H2,1-4H3,(H,16,18). The molecule has 5 heteroatoms. The largest absolute Gasteiger partial charge is 0.497 e. The summed E-state index contributed by atoms with van der Waals surface area (Å²) in [5.74, 6) is 0.819. The van der Waals surface area contributed by atoms with Gasteiger partial charge in [0.25, 0.3) is 0 Å². The van der Waals surface area contributed by atoms with E-state index in [1.807, 2.05) is 45.3 Å². The molecule has 19 heavy (non-hydrogen) atoms. The second-order valence-corrected chi connectivity index (χ2v) is 5.99. The van der Waals surface area contributed by atoms with Crippen molar-refractivity contribution >= 4 is 21.8 Å². The van der Waals surface area contributed by atoms with Gasteiger partial charge in [0.05, 0.1) is 18.0 Å². The highest BCUT2D eigenvalue weighted by molar-refractivity contribution is 9.10. The van der Waals surface area contributed by atoms with E-state index in [4.69, 9.17) is 4.74 Å².